The quantitative estimate of drug-likeness (QED) is 0.447. The Labute approximate surface area is 172 Å². The third-order valence-corrected chi connectivity index (χ3v) is 4.36. The lowest BCUT2D eigenvalue weighted by Gasteiger charge is -2.09. The van der Waals surface area contributed by atoms with Crippen LogP contribution in [0.4, 0.5) is 5.69 Å². The number of fused-ring (bicyclic) bond motifs is 1. The predicted molar refractivity (Wildman–Crippen MR) is 115 cm³/mol. The summed E-state index contributed by atoms with van der Waals surface area (Å²) in [4.78, 5) is 25.0. The number of hydrogen-bond acceptors (Lipinski definition) is 5. The molecule has 0 saturated heterocycles. The summed E-state index contributed by atoms with van der Waals surface area (Å²) in [6.07, 6.45) is 0. The number of rotatable bonds is 6. The van der Waals surface area contributed by atoms with Gasteiger partial charge in [0.2, 0.25) is 0 Å². The Kier molecular flexibility index (Phi) is 5.48. The molecule has 0 saturated carbocycles. The molecule has 150 valence electrons. The number of carbonyl (C=O) groups is 1. The molecule has 0 atom stereocenters. The Hall–Kier alpha value is -4.06. The highest BCUT2D eigenvalue weighted by Gasteiger charge is 2.16. The number of anilines is 1. The van der Waals surface area contributed by atoms with Crippen molar-refractivity contribution in [2.45, 2.75) is 6.92 Å². The summed E-state index contributed by atoms with van der Waals surface area (Å²) >= 11 is 0. The maximum absolute atomic E-state index is 12.6. The van der Waals surface area contributed by atoms with E-state index in [1.807, 2.05) is 37.3 Å². The molecule has 0 spiro atoms. The van der Waals surface area contributed by atoms with Crippen LogP contribution in [0, 0.1) is 0 Å². The molecule has 0 radical (unpaired) electrons. The van der Waals surface area contributed by atoms with Crippen LogP contribution in [0.1, 0.15) is 17.3 Å². The van der Waals surface area contributed by atoms with Crippen LogP contribution in [0.25, 0.3) is 11.0 Å². The zero-order valence-electron chi connectivity index (χ0n) is 16.3. The van der Waals surface area contributed by atoms with Crippen LogP contribution in [-0.4, -0.2) is 12.5 Å². The van der Waals surface area contributed by atoms with Crippen molar-refractivity contribution in [2.24, 2.45) is 0 Å². The Morgan fingerprint density at radius 3 is 2.40 bits per heavy atom. The van der Waals surface area contributed by atoms with Crippen molar-refractivity contribution in [3.8, 4) is 17.2 Å². The highest BCUT2D eigenvalue weighted by Crippen LogP contribution is 2.26. The summed E-state index contributed by atoms with van der Waals surface area (Å²) in [5, 5.41) is 3.32. The Bertz CT molecular complexity index is 1230. The first kappa shape index (κ1) is 19.3. The summed E-state index contributed by atoms with van der Waals surface area (Å²) in [6, 6.07) is 23.0. The fourth-order valence-electron chi connectivity index (χ4n) is 2.97. The van der Waals surface area contributed by atoms with Gasteiger partial charge in [0.1, 0.15) is 17.1 Å². The van der Waals surface area contributed by atoms with Gasteiger partial charge >= 0.3 is 5.63 Å². The van der Waals surface area contributed by atoms with Gasteiger partial charge in [0.05, 0.1) is 6.61 Å². The number of ether oxygens (including phenoxy) is 2. The fraction of sp³-hybridized carbons (Fsp3) is 0.0833. The average Bonchev–Trinajstić information content (AvgIpc) is 2.76. The molecule has 6 nitrogen and oxygen atoms in total. The lowest BCUT2D eigenvalue weighted by Crippen LogP contribution is -2.20. The number of benzene rings is 3. The van der Waals surface area contributed by atoms with Crippen molar-refractivity contribution >= 4 is 22.6 Å². The van der Waals surface area contributed by atoms with Crippen molar-refractivity contribution in [1.82, 2.24) is 0 Å². The molecule has 4 aromatic rings. The van der Waals surface area contributed by atoms with Gasteiger partial charge in [-0.05, 0) is 55.5 Å². The van der Waals surface area contributed by atoms with E-state index in [1.54, 1.807) is 42.5 Å². The smallest absolute Gasteiger partial charge is 0.349 e. The maximum atomic E-state index is 12.6. The van der Waals surface area contributed by atoms with E-state index < -0.39 is 11.5 Å². The first-order valence-electron chi connectivity index (χ1n) is 9.48. The summed E-state index contributed by atoms with van der Waals surface area (Å²) in [7, 11) is 0. The third kappa shape index (κ3) is 4.17. The molecule has 1 amide bonds. The summed E-state index contributed by atoms with van der Waals surface area (Å²) in [5.74, 6) is 1.26. The van der Waals surface area contributed by atoms with E-state index in [2.05, 4.69) is 5.32 Å². The van der Waals surface area contributed by atoms with E-state index in [4.69, 9.17) is 13.9 Å². The molecule has 4 rings (SSSR count). The fourth-order valence-corrected chi connectivity index (χ4v) is 2.97. The molecule has 3 aromatic carbocycles. The van der Waals surface area contributed by atoms with Crippen LogP contribution < -0.4 is 20.4 Å². The molecule has 1 aromatic heterocycles. The van der Waals surface area contributed by atoms with Gasteiger partial charge in [-0.3, -0.25) is 4.79 Å². The maximum Gasteiger partial charge on any atom is 0.349 e. The summed E-state index contributed by atoms with van der Waals surface area (Å²) in [5.41, 5.74) is 0.0447. The lowest BCUT2D eigenvalue weighted by atomic mass is 10.1. The van der Waals surface area contributed by atoms with Crippen molar-refractivity contribution in [2.75, 3.05) is 11.9 Å². The number of amides is 1. The Morgan fingerprint density at radius 2 is 1.67 bits per heavy atom. The van der Waals surface area contributed by atoms with Gasteiger partial charge in [0.25, 0.3) is 5.91 Å². The van der Waals surface area contributed by atoms with Gasteiger partial charge in [-0.1, -0.05) is 30.3 Å². The van der Waals surface area contributed by atoms with E-state index in [1.165, 1.54) is 6.07 Å². The molecular weight excluding hydrogens is 382 g/mol. The van der Waals surface area contributed by atoms with Crippen LogP contribution in [0.15, 0.2) is 88.1 Å². The molecule has 0 fully saturated rings. The van der Waals surface area contributed by atoms with Crippen LogP contribution in [0.2, 0.25) is 0 Å². The van der Waals surface area contributed by atoms with Crippen LogP contribution in [-0.2, 0) is 0 Å². The Balaban J connectivity index is 1.53. The zero-order valence-corrected chi connectivity index (χ0v) is 16.3. The molecule has 6 heteroatoms. The van der Waals surface area contributed by atoms with Gasteiger partial charge in [-0.15, -0.1) is 0 Å². The van der Waals surface area contributed by atoms with E-state index >= 15 is 0 Å². The first-order valence-corrected chi connectivity index (χ1v) is 9.48. The Morgan fingerprint density at radius 1 is 0.933 bits per heavy atom. The van der Waals surface area contributed by atoms with Crippen molar-refractivity contribution < 1.29 is 18.7 Å². The first-order chi connectivity index (χ1) is 14.6. The minimum atomic E-state index is -0.726. The van der Waals surface area contributed by atoms with Gasteiger partial charge in [-0.2, -0.15) is 0 Å². The number of carbonyl (C=O) groups excluding carboxylic acids is 1. The number of hydrogen-bond donors (Lipinski definition) is 1. The topological polar surface area (TPSA) is 77.8 Å². The highest BCUT2D eigenvalue weighted by atomic mass is 16.5. The second-order valence-electron chi connectivity index (χ2n) is 6.45. The molecule has 0 aliphatic heterocycles. The minimum absolute atomic E-state index is 0.0826. The average molecular weight is 401 g/mol. The lowest BCUT2D eigenvalue weighted by molar-refractivity contribution is 0.102. The molecule has 0 aliphatic carbocycles. The summed E-state index contributed by atoms with van der Waals surface area (Å²) in [6.45, 7) is 2.28. The third-order valence-electron chi connectivity index (χ3n) is 4.36. The van der Waals surface area contributed by atoms with E-state index in [9.17, 15) is 9.59 Å². The van der Waals surface area contributed by atoms with E-state index in [0.29, 0.717) is 34.8 Å². The molecular formula is C24H19NO5. The largest absolute Gasteiger partial charge is 0.490 e. The molecule has 1 heterocycles. The standard InChI is InChI=1S/C24H19NO5/c1-2-28-21-10-6-7-16-15-20(24(27)30-22(16)21)23(26)25-17-11-13-19(14-12-17)29-18-8-4-3-5-9-18/h3-15H,2H2,1H3,(H,25,26). The molecule has 1 N–H and O–H groups in total. The van der Waals surface area contributed by atoms with Gasteiger partial charge in [0, 0.05) is 11.1 Å². The minimum Gasteiger partial charge on any atom is -0.490 e. The zero-order chi connectivity index (χ0) is 20.9. The van der Waals surface area contributed by atoms with Gasteiger partial charge in [-0.25, -0.2) is 4.79 Å². The van der Waals surface area contributed by atoms with E-state index in [-0.39, 0.29) is 5.56 Å². The molecule has 0 bridgehead atoms. The van der Waals surface area contributed by atoms with Crippen LogP contribution in [0.5, 0.6) is 17.2 Å². The predicted octanol–water partition coefficient (Wildman–Crippen LogP) is 5.24. The van der Waals surface area contributed by atoms with E-state index in [0.717, 1.165) is 5.75 Å². The normalized spacial score (nSPS) is 10.6. The van der Waals surface area contributed by atoms with Crippen LogP contribution in [0.3, 0.4) is 0 Å². The second kappa shape index (κ2) is 8.53. The number of para-hydroxylation sites is 2. The summed E-state index contributed by atoms with van der Waals surface area (Å²) < 4.78 is 16.6. The van der Waals surface area contributed by atoms with Crippen molar-refractivity contribution in [1.29, 1.82) is 0 Å². The second-order valence-corrected chi connectivity index (χ2v) is 6.45. The highest BCUT2D eigenvalue weighted by molar-refractivity contribution is 6.05. The number of nitrogens with one attached hydrogen (secondary N) is 1. The monoisotopic (exact) mass is 401 g/mol. The molecule has 30 heavy (non-hydrogen) atoms. The van der Waals surface area contributed by atoms with Crippen molar-refractivity contribution in [3.63, 3.8) is 0 Å². The molecule has 0 aliphatic rings. The van der Waals surface area contributed by atoms with Crippen molar-refractivity contribution in [3.05, 3.63) is 94.8 Å². The van der Waals surface area contributed by atoms with Gasteiger partial charge in [0.15, 0.2) is 11.3 Å². The SMILES string of the molecule is CCOc1cccc2cc(C(=O)Nc3ccc(Oc4ccccc4)cc3)c(=O)oc12. The molecule has 0 unspecified atom stereocenters. The van der Waals surface area contributed by atoms with Gasteiger partial charge < -0.3 is 19.2 Å². The van der Waals surface area contributed by atoms with Crippen LogP contribution >= 0.6 is 0 Å².